The van der Waals surface area contributed by atoms with E-state index in [1.54, 1.807) is 6.92 Å². The minimum Gasteiger partial charge on any atom is -0.466 e. The summed E-state index contributed by atoms with van der Waals surface area (Å²) in [5, 5.41) is 10.2. The molecule has 16 heavy (non-hydrogen) atoms. The van der Waals surface area contributed by atoms with Crippen LogP contribution in [0, 0.1) is 11.8 Å². The molecular weight excluding hydrogens is 206 g/mol. The molecule has 0 spiro atoms. The number of piperidine rings is 1. The smallest absolute Gasteiger partial charge is 0.313 e. The van der Waals surface area contributed by atoms with Crippen LogP contribution in [0.2, 0.25) is 0 Å². The number of aliphatic hydroxyl groups is 1. The Morgan fingerprint density at radius 2 is 2.06 bits per heavy atom. The van der Waals surface area contributed by atoms with Crippen molar-refractivity contribution in [3.8, 4) is 0 Å². The van der Waals surface area contributed by atoms with Gasteiger partial charge in [0.2, 0.25) is 0 Å². The highest BCUT2D eigenvalue weighted by molar-refractivity contribution is 5.74. The highest BCUT2D eigenvalue weighted by atomic mass is 16.5. The first-order valence-corrected chi connectivity index (χ1v) is 6.14. The average Bonchev–Trinajstić information content (AvgIpc) is 2.53. The van der Waals surface area contributed by atoms with E-state index in [2.05, 4.69) is 11.9 Å². The fourth-order valence-corrected chi connectivity index (χ4v) is 3.38. The summed E-state index contributed by atoms with van der Waals surface area (Å²) >= 11 is 0. The van der Waals surface area contributed by atoms with Crippen molar-refractivity contribution in [3.05, 3.63) is 0 Å². The molecule has 0 aromatic heterocycles. The number of ether oxygens (including phenoxy) is 1. The molecule has 0 amide bonds. The van der Waals surface area contributed by atoms with E-state index in [1.165, 1.54) is 0 Å². The standard InChI is InChI=1S/C12H21NO3/c1-4-16-12(15)10-9-6-5-8(13(9)3)7(2)11(10)14/h7-11,14H,4-6H2,1-3H3/t7?,8-,9+,10+,11-/m0/s1. The van der Waals surface area contributed by atoms with E-state index in [1.807, 2.05) is 6.92 Å². The van der Waals surface area contributed by atoms with Gasteiger partial charge in [0.25, 0.3) is 0 Å². The molecule has 2 rings (SSSR count). The maximum Gasteiger partial charge on any atom is 0.313 e. The topological polar surface area (TPSA) is 49.8 Å². The number of carbonyl (C=O) groups is 1. The fraction of sp³-hybridized carbons (Fsp3) is 0.917. The zero-order valence-electron chi connectivity index (χ0n) is 10.2. The summed E-state index contributed by atoms with van der Waals surface area (Å²) in [7, 11) is 2.05. The molecular formula is C12H21NO3. The van der Waals surface area contributed by atoms with Crippen molar-refractivity contribution in [3.63, 3.8) is 0 Å². The molecule has 5 atom stereocenters. The summed E-state index contributed by atoms with van der Waals surface area (Å²) in [5.41, 5.74) is 0. The van der Waals surface area contributed by atoms with Crippen LogP contribution in [0.25, 0.3) is 0 Å². The van der Waals surface area contributed by atoms with Gasteiger partial charge >= 0.3 is 5.97 Å². The second kappa shape index (κ2) is 4.34. The summed E-state index contributed by atoms with van der Waals surface area (Å²) in [5.74, 6) is -0.448. The summed E-state index contributed by atoms with van der Waals surface area (Å²) in [6.45, 7) is 4.22. The molecule has 2 saturated heterocycles. The largest absolute Gasteiger partial charge is 0.466 e. The van der Waals surface area contributed by atoms with Crippen LogP contribution in [0.5, 0.6) is 0 Å². The van der Waals surface area contributed by atoms with Gasteiger partial charge < -0.3 is 9.84 Å². The van der Waals surface area contributed by atoms with Crippen LogP contribution in [0.3, 0.4) is 0 Å². The first-order chi connectivity index (χ1) is 7.57. The Bertz CT molecular complexity index is 281. The zero-order valence-corrected chi connectivity index (χ0v) is 10.2. The molecule has 92 valence electrons. The zero-order chi connectivity index (χ0) is 11.9. The van der Waals surface area contributed by atoms with Crippen molar-refractivity contribution >= 4 is 5.97 Å². The molecule has 2 aliphatic heterocycles. The van der Waals surface area contributed by atoms with Crippen LogP contribution in [-0.4, -0.2) is 47.8 Å². The molecule has 2 aliphatic rings. The third kappa shape index (κ3) is 1.64. The van der Waals surface area contributed by atoms with Crippen LogP contribution >= 0.6 is 0 Å². The Morgan fingerprint density at radius 1 is 1.44 bits per heavy atom. The second-order valence-corrected chi connectivity index (χ2v) is 5.01. The maximum absolute atomic E-state index is 11.9. The van der Waals surface area contributed by atoms with Crippen LogP contribution in [0.1, 0.15) is 26.7 Å². The SMILES string of the molecule is CCOC(=O)[C@@H]1[C@H]2CC[C@@H](C(C)[C@@H]1O)N2C. The van der Waals surface area contributed by atoms with Gasteiger partial charge in [0.15, 0.2) is 0 Å². The summed E-state index contributed by atoms with van der Waals surface area (Å²) in [4.78, 5) is 14.1. The van der Waals surface area contributed by atoms with Gasteiger partial charge in [-0.15, -0.1) is 0 Å². The van der Waals surface area contributed by atoms with Gasteiger partial charge in [-0.2, -0.15) is 0 Å². The van der Waals surface area contributed by atoms with Gasteiger partial charge in [0, 0.05) is 12.1 Å². The molecule has 4 heteroatoms. The number of nitrogens with zero attached hydrogens (tertiary/aromatic N) is 1. The number of hydrogen-bond donors (Lipinski definition) is 1. The molecule has 1 unspecified atom stereocenters. The molecule has 2 bridgehead atoms. The minimum absolute atomic E-state index is 0.151. The third-order valence-corrected chi connectivity index (χ3v) is 4.29. The maximum atomic E-state index is 11.9. The quantitative estimate of drug-likeness (QED) is 0.703. The summed E-state index contributed by atoms with van der Waals surface area (Å²) in [6, 6.07) is 0.584. The molecule has 0 aliphatic carbocycles. The highest BCUT2D eigenvalue weighted by Gasteiger charge is 2.52. The summed E-state index contributed by atoms with van der Waals surface area (Å²) in [6.07, 6.45) is 1.52. The lowest BCUT2D eigenvalue weighted by Crippen LogP contribution is -2.56. The Kier molecular flexibility index (Phi) is 3.22. The molecule has 4 nitrogen and oxygen atoms in total. The average molecular weight is 227 g/mol. The van der Waals surface area contributed by atoms with Gasteiger partial charge in [-0.3, -0.25) is 9.69 Å². The van der Waals surface area contributed by atoms with E-state index in [0.29, 0.717) is 12.6 Å². The van der Waals surface area contributed by atoms with E-state index >= 15 is 0 Å². The van der Waals surface area contributed by atoms with Crippen molar-refractivity contribution in [2.24, 2.45) is 11.8 Å². The molecule has 0 saturated carbocycles. The van der Waals surface area contributed by atoms with Gasteiger partial charge in [0.1, 0.15) is 0 Å². The lowest BCUT2D eigenvalue weighted by Gasteiger charge is -2.43. The normalized spacial score (nSPS) is 43.4. The Morgan fingerprint density at radius 3 is 2.69 bits per heavy atom. The second-order valence-electron chi connectivity index (χ2n) is 5.01. The summed E-state index contributed by atoms with van der Waals surface area (Å²) < 4.78 is 5.07. The molecule has 0 aromatic rings. The minimum atomic E-state index is -0.548. The van der Waals surface area contributed by atoms with Gasteiger partial charge in [0.05, 0.1) is 18.6 Å². The van der Waals surface area contributed by atoms with Gasteiger partial charge in [-0.25, -0.2) is 0 Å². The first-order valence-electron chi connectivity index (χ1n) is 6.14. The van der Waals surface area contributed by atoms with E-state index in [9.17, 15) is 9.90 Å². The molecule has 2 fully saturated rings. The molecule has 0 radical (unpaired) electrons. The number of carbonyl (C=O) groups excluding carboxylic acids is 1. The Hall–Kier alpha value is -0.610. The number of esters is 1. The van der Waals surface area contributed by atoms with Crippen molar-refractivity contribution in [2.45, 2.75) is 44.9 Å². The Labute approximate surface area is 96.6 Å². The highest BCUT2D eigenvalue weighted by Crippen LogP contribution is 2.41. The predicted molar refractivity (Wildman–Crippen MR) is 59.9 cm³/mol. The molecule has 0 aromatic carbocycles. The monoisotopic (exact) mass is 227 g/mol. The number of aliphatic hydroxyl groups excluding tert-OH is 1. The van der Waals surface area contributed by atoms with Gasteiger partial charge in [-0.05, 0) is 32.7 Å². The number of fused-ring (bicyclic) bond motifs is 2. The van der Waals surface area contributed by atoms with Crippen LogP contribution in [-0.2, 0) is 9.53 Å². The van der Waals surface area contributed by atoms with E-state index in [4.69, 9.17) is 4.74 Å². The Balaban J connectivity index is 2.19. The van der Waals surface area contributed by atoms with Crippen LogP contribution in [0.4, 0.5) is 0 Å². The first kappa shape index (κ1) is 11.9. The lowest BCUT2D eigenvalue weighted by atomic mass is 9.81. The fourth-order valence-electron chi connectivity index (χ4n) is 3.38. The van der Waals surface area contributed by atoms with Crippen molar-refractivity contribution in [2.75, 3.05) is 13.7 Å². The molecule has 2 heterocycles. The van der Waals surface area contributed by atoms with E-state index in [-0.39, 0.29) is 23.8 Å². The van der Waals surface area contributed by atoms with E-state index < -0.39 is 6.10 Å². The van der Waals surface area contributed by atoms with Crippen LogP contribution in [0.15, 0.2) is 0 Å². The van der Waals surface area contributed by atoms with E-state index in [0.717, 1.165) is 12.8 Å². The predicted octanol–water partition coefficient (Wildman–Crippen LogP) is 0.639. The number of hydrogen-bond acceptors (Lipinski definition) is 4. The van der Waals surface area contributed by atoms with Crippen molar-refractivity contribution in [1.82, 2.24) is 4.90 Å². The third-order valence-electron chi connectivity index (χ3n) is 4.29. The van der Waals surface area contributed by atoms with Crippen molar-refractivity contribution < 1.29 is 14.6 Å². The lowest BCUT2D eigenvalue weighted by molar-refractivity contribution is -0.161. The van der Waals surface area contributed by atoms with Crippen molar-refractivity contribution in [1.29, 1.82) is 0 Å². The van der Waals surface area contributed by atoms with Gasteiger partial charge in [-0.1, -0.05) is 6.92 Å². The van der Waals surface area contributed by atoms with Crippen LogP contribution < -0.4 is 0 Å². The molecule has 1 N–H and O–H groups in total. The number of rotatable bonds is 2.